The summed E-state index contributed by atoms with van der Waals surface area (Å²) in [5, 5.41) is 14.9. The Morgan fingerprint density at radius 3 is 2.75 bits per heavy atom. The van der Waals surface area contributed by atoms with E-state index in [-0.39, 0.29) is 17.7 Å². The molecule has 0 aliphatic carbocycles. The second-order valence-corrected chi connectivity index (χ2v) is 8.43. The lowest BCUT2D eigenvalue weighted by Crippen LogP contribution is -2.41. The monoisotopic (exact) mass is 436 g/mol. The first-order chi connectivity index (χ1) is 15.4. The Hall–Kier alpha value is -3.49. The molecular weight excluding hydrogens is 408 g/mol. The van der Waals surface area contributed by atoms with Gasteiger partial charge in [0.25, 0.3) is 5.91 Å². The van der Waals surface area contributed by atoms with E-state index >= 15 is 0 Å². The largest absolute Gasteiger partial charge is 0.350 e. The molecule has 1 aliphatic heterocycles. The number of likely N-dealkylation sites (tertiary alicyclic amines) is 1. The smallest absolute Gasteiger partial charge is 0.253 e. The van der Waals surface area contributed by atoms with Gasteiger partial charge < -0.3 is 10.2 Å². The van der Waals surface area contributed by atoms with E-state index < -0.39 is 0 Å². The quantitative estimate of drug-likeness (QED) is 0.637. The van der Waals surface area contributed by atoms with Crippen LogP contribution in [-0.4, -0.2) is 49.9 Å². The number of nitrogens with zero attached hydrogens (tertiary/aromatic N) is 5. The van der Waals surface area contributed by atoms with Crippen LogP contribution in [0, 0.1) is 26.7 Å². The molecule has 0 unspecified atom stereocenters. The summed E-state index contributed by atoms with van der Waals surface area (Å²) in [5.74, 6) is 0.0597. The molecule has 1 aromatic carbocycles. The average Bonchev–Trinajstić information content (AvgIpc) is 3.35. The third-order valence-corrected chi connectivity index (χ3v) is 5.83. The molecule has 1 fully saturated rings. The van der Waals surface area contributed by atoms with Crippen molar-refractivity contribution in [3.05, 3.63) is 58.7 Å². The number of carbonyl (C=O) groups is 2. The Balaban J connectivity index is 1.37. The molecular formula is C23H28N6O3. The van der Waals surface area contributed by atoms with E-state index in [1.807, 2.05) is 53.8 Å². The van der Waals surface area contributed by atoms with Gasteiger partial charge in [0.05, 0.1) is 17.9 Å². The number of rotatable bonds is 6. The van der Waals surface area contributed by atoms with Gasteiger partial charge in [-0.15, -0.1) is 0 Å². The molecule has 0 spiro atoms. The molecule has 0 bridgehead atoms. The van der Waals surface area contributed by atoms with E-state index in [1.165, 1.54) is 0 Å². The molecule has 0 radical (unpaired) electrons. The third-order valence-electron chi connectivity index (χ3n) is 5.83. The number of amides is 2. The van der Waals surface area contributed by atoms with Gasteiger partial charge in [-0.1, -0.05) is 16.4 Å². The zero-order valence-electron chi connectivity index (χ0n) is 18.7. The summed E-state index contributed by atoms with van der Waals surface area (Å²) in [6.45, 7) is 7.29. The maximum atomic E-state index is 13.2. The zero-order chi connectivity index (χ0) is 22.7. The predicted octanol–water partition coefficient (Wildman–Crippen LogP) is 2.74. The number of hydrogen-bond donors (Lipinski definition) is 1. The fourth-order valence-corrected chi connectivity index (χ4v) is 4.19. The molecule has 4 rings (SSSR count). The topological polar surface area (TPSA) is 106 Å². The zero-order valence-corrected chi connectivity index (χ0v) is 18.7. The van der Waals surface area contributed by atoms with Crippen LogP contribution in [0.1, 0.15) is 52.4 Å². The third kappa shape index (κ3) is 4.87. The lowest BCUT2D eigenvalue weighted by Gasteiger charge is -2.32. The normalized spacial score (nSPS) is 16.2. The molecule has 3 heterocycles. The van der Waals surface area contributed by atoms with E-state index in [0.29, 0.717) is 43.0 Å². The minimum absolute atomic E-state index is 0.0113. The fraction of sp³-hybridized carbons (Fsp3) is 0.435. The molecule has 2 aromatic heterocycles. The second-order valence-electron chi connectivity index (χ2n) is 8.43. The van der Waals surface area contributed by atoms with Gasteiger partial charge in [-0.3, -0.25) is 9.59 Å². The van der Waals surface area contributed by atoms with Crippen LogP contribution < -0.4 is 5.32 Å². The molecule has 9 nitrogen and oxygen atoms in total. The van der Waals surface area contributed by atoms with Gasteiger partial charge in [-0.25, -0.2) is 9.31 Å². The van der Waals surface area contributed by atoms with Crippen LogP contribution in [0.4, 0.5) is 0 Å². The first kappa shape index (κ1) is 21.7. The van der Waals surface area contributed by atoms with Gasteiger partial charge in [0.15, 0.2) is 0 Å². The first-order valence-electron chi connectivity index (χ1n) is 10.9. The van der Waals surface area contributed by atoms with E-state index in [0.717, 1.165) is 29.9 Å². The summed E-state index contributed by atoms with van der Waals surface area (Å²) in [7, 11) is 0. The van der Waals surface area contributed by atoms with Crippen LogP contribution in [-0.2, 0) is 11.3 Å². The highest BCUT2D eigenvalue weighted by Crippen LogP contribution is 2.22. The number of hydrogen-bond acceptors (Lipinski definition) is 6. The van der Waals surface area contributed by atoms with Crippen molar-refractivity contribution in [2.75, 3.05) is 13.1 Å². The number of nitrogens with one attached hydrogen (secondary N) is 1. The highest BCUT2D eigenvalue weighted by Gasteiger charge is 2.26. The summed E-state index contributed by atoms with van der Waals surface area (Å²) >= 11 is 0. The minimum Gasteiger partial charge on any atom is -0.350 e. The van der Waals surface area contributed by atoms with Crippen LogP contribution in [0.3, 0.4) is 0 Å². The van der Waals surface area contributed by atoms with Crippen molar-refractivity contribution in [1.29, 1.82) is 0 Å². The Bertz CT molecular complexity index is 1120. The van der Waals surface area contributed by atoms with Gasteiger partial charge in [0.1, 0.15) is 11.4 Å². The van der Waals surface area contributed by atoms with Gasteiger partial charge in [0, 0.05) is 30.8 Å². The Morgan fingerprint density at radius 1 is 1.19 bits per heavy atom. The van der Waals surface area contributed by atoms with Gasteiger partial charge in [-0.05, 0) is 63.8 Å². The highest BCUT2D eigenvalue weighted by molar-refractivity contribution is 5.94. The SMILES string of the molecule is Cc1cc(C)n(-c2cccc(C(=O)N3CCC[C@@H](CC(=O)NCc4nonc4C)C3)c2)n1. The summed E-state index contributed by atoms with van der Waals surface area (Å²) in [6.07, 6.45) is 2.18. The van der Waals surface area contributed by atoms with E-state index in [9.17, 15) is 9.59 Å². The van der Waals surface area contributed by atoms with Crippen molar-refractivity contribution in [3.63, 3.8) is 0 Å². The minimum atomic E-state index is -0.0572. The lowest BCUT2D eigenvalue weighted by molar-refractivity contribution is -0.122. The average molecular weight is 437 g/mol. The molecule has 1 N–H and O–H groups in total. The predicted molar refractivity (Wildman–Crippen MR) is 117 cm³/mol. The Labute approximate surface area is 186 Å². The molecule has 1 atom stereocenters. The van der Waals surface area contributed by atoms with Crippen LogP contribution in [0.2, 0.25) is 0 Å². The van der Waals surface area contributed by atoms with Crippen molar-refractivity contribution in [3.8, 4) is 5.69 Å². The highest BCUT2D eigenvalue weighted by atomic mass is 16.6. The molecule has 2 amide bonds. The standard InChI is InChI=1S/C23H28N6O3/c1-15-10-16(2)29(25-15)20-8-4-7-19(12-20)23(31)28-9-5-6-18(14-28)11-22(30)24-13-21-17(3)26-32-27-21/h4,7-8,10,12,18H,5-6,9,11,13-14H2,1-3H3,(H,24,30)/t18-/m0/s1. The summed E-state index contributed by atoms with van der Waals surface area (Å²) < 4.78 is 6.50. The van der Waals surface area contributed by atoms with E-state index in [1.54, 1.807) is 6.92 Å². The second kappa shape index (κ2) is 9.33. The Kier molecular flexibility index (Phi) is 6.34. The maximum absolute atomic E-state index is 13.2. The van der Waals surface area contributed by atoms with Crippen molar-refractivity contribution < 1.29 is 14.2 Å². The van der Waals surface area contributed by atoms with Gasteiger partial charge in [-0.2, -0.15) is 5.10 Å². The number of piperidine rings is 1. The summed E-state index contributed by atoms with van der Waals surface area (Å²) in [6, 6.07) is 9.56. The van der Waals surface area contributed by atoms with Crippen LogP contribution >= 0.6 is 0 Å². The van der Waals surface area contributed by atoms with Gasteiger partial charge in [0.2, 0.25) is 5.91 Å². The molecule has 32 heavy (non-hydrogen) atoms. The summed E-state index contributed by atoms with van der Waals surface area (Å²) in [4.78, 5) is 27.4. The van der Waals surface area contributed by atoms with Crippen LogP contribution in [0.15, 0.2) is 35.0 Å². The molecule has 3 aromatic rings. The van der Waals surface area contributed by atoms with Gasteiger partial charge >= 0.3 is 0 Å². The maximum Gasteiger partial charge on any atom is 0.253 e. The van der Waals surface area contributed by atoms with E-state index in [4.69, 9.17) is 0 Å². The van der Waals surface area contributed by atoms with Crippen molar-refractivity contribution in [1.82, 2.24) is 30.3 Å². The van der Waals surface area contributed by atoms with Crippen molar-refractivity contribution in [2.24, 2.45) is 5.92 Å². The molecule has 1 aliphatic rings. The number of carbonyl (C=O) groups excluding carboxylic acids is 2. The summed E-state index contributed by atoms with van der Waals surface area (Å²) in [5.41, 5.74) is 4.75. The molecule has 1 saturated heterocycles. The fourth-order valence-electron chi connectivity index (χ4n) is 4.19. The van der Waals surface area contributed by atoms with E-state index in [2.05, 4.69) is 25.4 Å². The first-order valence-corrected chi connectivity index (χ1v) is 10.9. The molecule has 9 heteroatoms. The number of aryl methyl sites for hydroxylation is 3. The van der Waals surface area contributed by atoms with Crippen molar-refractivity contribution in [2.45, 2.75) is 46.6 Å². The van der Waals surface area contributed by atoms with Crippen molar-refractivity contribution >= 4 is 11.8 Å². The van der Waals surface area contributed by atoms with Crippen LogP contribution in [0.5, 0.6) is 0 Å². The lowest BCUT2D eigenvalue weighted by atomic mass is 9.94. The number of aromatic nitrogens is 4. The number of benzene rings is 1. The molecule has 168 valence electrons. The Morgan fingerprint density at radius 2 is 2.03 bits per heavy atom. The van der Waals surface area contributed by atoms with Crippen LogP contribution in [0.25, 0.3) is 5.69 Å². The molecule has 0 saturated carbocycles.